The zero-order chi connectivity index (χ0) is 27.1. The first-order valence-electron chi connectivity index (χ1n) is 13.1. The Bertz CT molecular complexity index is 1370. The van der Waals surface area contributed by atoms with Gasteiger partial charge in [0, 0.05) is 0 Å². The van der Waals surface area contributed by atoms with Gasteiger partial charge in [-0.25, -0.2) is 0 Å². The lowest BCUT2D eigenvalue weighted by Gasteiger charge is -2.35. The van der Waals surface area contributed by atoms with Crippen LogP contribution in [0.3, 0.4) is 0 Å². The molecule has 0 aliphatic carbocycles. The Labute approximate surface area is 229 Å². The molecule has 4 aromatic rings. The van der Waals surface area contributed by atoms with Crippen molar-refractivity contribution in [2.75, 3.05) is 12.4 Å². The molecule has 0 saturated carbocycles. The van der Waals surface area contributed by atoms with Gasteiger partial charge >= 0.3 is 0 Å². The predicted molar refractivity (Wildman–Crippen MR) is 148 cm³/mol. The fraction of sp³-hybridized carbons (Fsp3) is 0.281. The van der Waals surface area contributed by atoms with E-state index >= 15 is 0 Å². The summed E-state index contributed by atoms with van der Waals surface area (Å²) in [5, 5.41) is 9.53. The van der Waals surface area contributed by atoms with Gasteiger partial charge < -0.3 is 24.8 Å². The summed E-state index contributed by atoms with van der Waals surface area (Å²) in [6.45, 7) is 3.48. The number of rotatable bonds is 11. The molecule has 3 aromatic carbocycles. The maximum atomic E-state index is 9.53. The monoisotopic (exact) mass is 523 g/mol. The van der Waals surface area contributed by atoms with Gasteiger partial charge in [-0.15, -0.1) is 0 Å². The number of nitrogens with two attached hydrogens (primary N) is 1. The van der Waals surface area contributed by atoms with Crippen molar-refractivity contribution in [3.05, 3.63) is 131 Å². The first kappa shape index (κ1) is 26.7. The van der Waals surface area contributed by atoms with E-state index in [0.717, 1.165) is 16.7 Å². The molecule has 0 amide bonds. The van der Waals surface area contributed by atoms with Crippen molar-refractivity contribution >= 4 is 0 Å². The molecule has 5 rings (SSSR count). The highest BCUT2D eigenvalue weighted by atomic mass is 16.6. The van der Waals surface area contributed by atoms with Crippen molar-refractivity contribution in [1.82, 2.24) is 4.68 Å². The lowest BCUT2D eigenvalue weighted by atomic mass is 9.90. The number of ether oxygens (including phenoxy) is 4. The standard InChI is InChI=1S/C32H33N3O4/c1-32(38-22-26-15-9-4-10-16-26)30(28-18-17-27(19-33)35(28)34)39-29(23-36-20-24-11-5-2-6-12-24)31(32)37-21-25-13-7-3-8-14-25/h2-18,29-31H,20-23,34H2,1H3/t29-,30+,31-,32+/m1/s1. The Balaban J connectivity index is 1.45. The highest BCUT2D eigenvalue weighted by Crippen LogP contribution is 2.46. The fourth-order valence-electron chi connectivity index (χ4n) is 5.03. The summed E-state index contributed by atoms with van der Waals surface area (Å²) in [6.07, 6.45) is -1.52. The third-order valence-electron chi connectivity index (χ3n) is 7.13. The highest BCUT2D eigenvalue weighted by Gasteiger charge is 2.57. The van der Waals surface area contributed by atoms with Crippen molar-refractivity contribution in [2.45, 2.75) is 50.7 Å². The van der Waals surface area contributed by atoms with Crippen molar-refractivity contribution in [3.63, 3.8) is 0 Å². The Kier molecular flexibility index (Phi) is 8.40. The molecule has 2 N–H and O–H groups in total. The molecule has 4 atom stereocenters. The van der Waals surface area contributed by atoms with Crippen molar-refractivity contribution in [3.8, 4) is 6.07 Å². The van der Waals surface area contributed by atoms with Gasteiger partial charge in [0.15, 0.2) is 0 Å². The Hall–Kier alpha value is -3.93. The van der Waals surface area contributed by atoms with Crippen LogP contribution in [0.4, 0.5) is 0 Å². The van der Waals surface area contributed by atoms with Crippen molar-refractivity contribution in [1.29, 1.82) is 5.26 Å². The highest BCUT2D eigenvalue weighted by molar-refractivity contribution is 5.31. The van der Waals surface area contributed by atoms with Gasteiger partial charge in [0.2, 0.25) is 0 Å². The van der Waals surface area contributed by atoms with Gasteiger partial charge in [-0.3, -0.25) is 4.68 Å². The molecule has 1 aliphatic rings. The number of aromatic nitrogens is 1. The summed E-state index contributed by atoms with van der Waals surface area (Å²) in [6, 6.07) is 35.7. The van der Waals surface area contributed by atoms with E-state index in [-0.39, 0.29) is 0 Å². The van der Waals surface area contributed by atoms with Gasteiger partial charge in [-0.2, -0.15) is 5.26 Å². The molecular formula is C32H33N3O4. The average molecular weight is 524 g/mol. The third-order valence-corrected chi connectivity index (χ3v) is 7.13. The van der Waals surface area contributed by atoms with Gasteiger partial charge in [0.1, 0.15) is 35.7 Å². The van der Waals surface area contributed by atoms with E-state index in [0.29, 0.717) is 37.8 Å². The Morgan fingerprint density at radius 3 is 1.95 bits per heavy atom. The van der Waals surface area contributed by atoms with Crippen LogP contribution >= 0.6 is 0 Å². The molecule has 1 aromatic heterocycles. The average Bonchev–Trinajstić information content (AvgIpc) is 3.48. The van der Waals surface area contributed by atoms with E-state index in [1.54, 1.807) is 6.07 Å². The summed E-state index contributed by atoms with van der Waals surface area (Å²) in [5.74, 6) is 6.34. The van der Waals surface area contributed by atoms with Crippen molar-refractivity contribution in [2.24, 2.45) is 0 Å². The molecule has 0 bridgehead atoms. The van der Waals surface area contributed by atoms with Gasteiger partial charge in [0.25, 0.3) is 0 Å². The van der Waals surface area contributed by atoms with Crippen LogP contribution < -0.4 is 5.84 Å². The topological polar surface area (TPSA) is 91.7 Å². The molecule has 200 valence electrons. The minimum Gasteiger partial charge on any atom is -0.374 e. The van der Waals surface area contributed by atoms with Crippen LogP contribution in [0.2, 0.25) is 0 Å². The van der Waals surface area contributed by atoms with E-state index in [4.69, 9.17) is 24.8 Å². The number of nitrogen functional groups attached to an aromatic ring is 1. The van der Waals surface area contributed by atoms with Crippen LogP contribution in [0.1, 0.15) is 41.1 Å². The quantitative estimate of drug-likeness (QED) is 0.269. The Morgan fingerprint density at radius 1 is 0.821 bits per heavy atom. The van der Waals surface area contributed by atoms with Crippen LogP contribution in [0.15, 0.2) is 103 Å². The first-order chi connectivity index (χ1) is 19.1. The normalized spacial score (nSPS) is 22.5. The maximum Gasteiger partial charge on any atom is 0.139 e. The molecule has 0 radical (unpaired) electrons. The fourth-order valence-corrected chi connectivity index (χ4v) is 5.03. The molecule has 1 aliphatic heterocycles. The van der Waals surface area contributed by atoms with Gasteiger partial charge in [-0.05, 0) is 35.7 Å². The second-order valence-corrected chi connectivity index (χ2v) is 9.86. The van der Waals surface area contributed by atoms with E-state index in [1.807, 2.05) is 104 Å². The molecular weight excluding hydrogens is 490 g/mol. The number of benzene rings is 3. The minimum absolute atomic E-state index is 0.297. The maximum absolute atomic E-state index is 9.53. The van der Waals surface area contributed by atoms with E-state index in [9.17, 15) is 5.26 Å². The molecule has 0 spiro atoms. The summed E-state index contributed by atoms with van der Waals surface area (Å²) in [5.41, 5.74) is 3.19. The van der Waals surface area contributed by atoms with Crippen LogP contribution in [-0.4, -0.2) is 29.1 Å². The van der Waals surface area contributed by atoms with Crippen LogP contribution in [-0.2, 0) is 38.8 Å². The predicted octanol–water partition coefficient (Wildman–Crippen LogP) is 5.29. The summed E-state index contributed by atoms with van der Waals surface area (Å²) < 4.78 is 27.4. The van der Waals surface area contributed by atoms with Crippen LogP contribution in [0, 0.1) is 11.3 Å². The van der Waals surface area contributed by atoms with Crippen LogP contribution in [0.5, 0.6) is 0 Å². The lowest BCUT2D eigenvalue weighted by Crippen LogP contribution is -2.47. The van der Waals surface area contributed by atoms with Gasteiger partial charge in [0.05, 0.1) is 32.1 Å². The smallest absolute Gasteiger partial charge is 0.139 e. The lowest BCUT2D eigenvalue weighted by molar-refractivity contribution is -0.148. The summed E-state index contributed by atoms with van der Waals surface area (Å²) >= 11 is 0. The molecule has 1 fully saturated rings. The number of hydrogen-bond acceptors (Lipinski definition) is 6. The number of hydrogen-bond donors (Lipinski definition) is 1. The SMILES string of the molecule is C[C@@]1(OCc2ccccc2)[C@H](OCc2ccccc2)[C@@H](COCc2ccccc2)O[C@H]1c1ccc(C#N)n1N. The van der Waals surface area contributed by atoms with E-state index in [1.165, 1.54) is 4.68 Å². The van der Waals surface area contributed by atoms with E-state index in [2.05, 4.69) is 6.07 Å². The zero-order valence-electron chi connectivity index (χ0n) is 22.0. The van der Waals surface area contributed by atoms with Crippen LogP contribution in [0.25, 0.3) is 0 Å². The first-order valence-corrected chi connectivity index (χ1v) is 13.1. The molecule has 39 heavy (non-hydrogen) atoms. The molecule has 1 saturated heterocycles. The van der Waals surface area contributed by atoms with Crippen molar-refractivity contribution < 1.29 is 18.9 Å². The minimum atomic E-state index is -0.937. The number of nitrogens with zero attached hydrogens (tertiary/aromatic N) is 2. The molecule has 2 heterocycles. The summed E-state index contributed by atoms with van der Waals surface area (Å²) in [7, 11) is 0. The molecule has 7 nitrogen and oxygen atoms in total. The van der Waals surface area contributed by atoms with E-state index < -0.39 is 23.9 Å². The summed E-state index contributed by atoms with van der Waals surface area (Å²) in [4.78, 5) is 0. The second-order valence-electron chi connectivity index (χ2n) is 9.86. The zero-order valence-corrected chi connectivity index (χ0v) is 22.0. The third kappa shape index (κ3) is 6.06. The largest absolute Gasteiger partial charge is 0.374 e. The number of nitriles is 1. The van der Waals surface area contributed by atoms with Gasteiger partial charge in [-0.1, -0.05) is 91.0 Å². The molecule has 7 heteroatoms. The molecule has 0 unspecified atom stereocenters. The second kappa shape index (κ2) is 12.3. The Morgan fingerprint density at radius 2 is 1.38 bits per heavy atom.